The summed E-state index contributed by atoms with van der Waals surface area (Å²) in [4.78, 5) is 2.62. The summed E-state index contributed by atoms with van der Waals surface area (Å²) in [7, 11) is 2.32. The second-order valence-electron chi connectivity index (χ2n) is 7.19. The molecular weight excluding hydrogens is 220 g/mol. The summed E-state index contributed by atoms with van der Waals surface area (Å²) in [6.45, 7) is 6.90. The molecule has 0 aliphatic heterocycles. The molecule has 2 rings (SSSR count). The predicted octanol–water partition coefficient (Wildman–Crippen LogP) is 3.26. The lowest BCUT2D eigenvalue weighted by Gasteiger charge is -2.41. The third-order valence-electron chi connectivity index (χ3n) is 5.56. The van der Waals surface area contributed by atoms with Crippen LogP contribution in [0.5, 0.6) is 0 Å². The Balaban J connectivity index is 1.97. The van der Waals surface area contributed by atoms with Crippen LogP contribution in [0, 0.1) is 17.8 Å². The van der Waals surface area contributed by atoms with Crippen LogP contribution in [0.4, 0.5) is 0 Å². The topological polar surface area (TPSA) is 29.3 Å². The molecule has 2 fully saturated rings. The van der Waals surface area contributed by atoms with Crippen molar-refractivity contribution in [3.63, 3.8) is 0 Å². The number of nitrogens with two attached hydrogens (primary N) is 1. The first-order valence-corrected chi connectivity index (χ1v) is 7.99. The Hall–Kier alpha value is -0.0800. The van der Waals surface area contributed by atoms with Gasteiger partial charge in [0.25, 0.3) is 0 Å². The van der Waals surface area contributed by atoms with E-state index in [2.05, 4.69) is 25.8 Å². The maximum Gasteiger partial charge on any atom is 0.0328 e. The summed E-state index contributed by atoms with van der Waals surface area (Å²) in [5, 5.41) is 0. The van der Waals surface area contributed by atoms with E-state index >= 15 is 0 Å². The van der Waals surface area contributed by atoms with Gasteiger partial charge < -0.3 is 5.73 Å². The number of hydrogen-bond donors (Lipinski definition) is 1. The standard InChI is InChI=1S/C16H32N2/c1-13(2)15-5-4-9-16(12-17,10-8-15)18(3)11-14-6-7-14/h13-15H,4-12,17H2,1-3H3. The van der Waals surface area contributed by atoms with Crippen LogP contribution < -0.4 is 5.73 Å². The minimum Gasteiger partial charge on any atom is -0.329 e. The van der Waals surface area contributed by atoms with E-state index in [1.54, 1.807) is 0 Å². The fraction of sp³-hybridized carbons (Fsp3) is 1.00. The first kappa shape index (κ1) is 14.3. The number of likely N-dealkylation sites (N-methyl/N-ethyl adjacent to an activating group) is 1. The third-order valence-corrected chi connectivity index (χ3v) is 5.56. The van der Waals surface area contributed by atoms with E-state index in [4.69, 9.17) is 5.73 Å². The predicted molar refractivity (Wildman–Crippen MR) is 78.6 cm³/mol. The molecule has 0 aromatic carbocycles. The lowest BCUT2D eigenvalue weighted by atomic mass is 9.85. The lowest BCUT2D eigenvalue weighted by molar-refractivity contribution is 0.0999. The molecule has 2 atom stereocenters. The SMILES string of the molecule is CC(C)C1CCCC(CN)(N(C)CC2CC2)CC1. The van der Waals surface area contributed by atoms with Gasteiger partial charge in [0.05, 0.1) is 0 Å². The second kappa shape index (κ2) is 5.92. The largest absolute Gasteiger partial charge is 0.329 e. The molecule has 2 nitrogen and oxygen atoms in total. The fourth-order valence-electron chi connectivity index (χ4n) is 3.71. The zero-order valence-corrected chi connectivity index (χ0v) is 12.6. The van der Waals surface area contributed by atoms with E-state index < -0.39 is 0 Å². The highest BCUT2D eigenvalue weighted by Crippen LogP contribution is 2.38. The quantitative estimate of drug-likeness (QED) is 0.761. The molecule has 0 radical (unpaired) electrons. The monoisotopic (exact) mass is 252 g/mol. The molecule has 0 aromatic rings. The van der Waals surface area contributed by atoms with Gasteiger partial charge in [-0.2, -0.15) is 0 Å². The van der Waals surface area contributed by atoms with Crippen LogP contribution in [0.15, 0.2) is 0 Å². The maximum atomic E-state index is 6.18. The van der Waals surface area contributed by atoms with E-state index in [9.17, 15) is 0 Å². The fourth-order valence-corrected chi connectivity index (χ4v) is 3.71. The van der Waals surface area contributed by atoms with Gasteiger partial charge in [-0.05, 0) is 56.9 Å². The Morgan fingerprint density at radius 3 is 2.44 bits per heavy atom. The molecule has 2 aliphatic carbocycles. The zero-order chi connectivity index (χ0) is 13.2. The van der Waals surface area contributed by atoms with Crippen molar-refractivity contribution >= 4 is 0 Å². The second-order valence-corrected chi connectivity index (χ2v) is 7.19. The summed E-state index contributed by atoms with van der Waals surface area (Å²) in [6, 6.07) is 0. The average molecular weight is 252 g/mol. The van der Waals surface area contributed by atoms with Gasteiger partial charge in [0.2, 0.25) is 0 Å². The third kappa shape index (κ3) is 3.27. The highest BCUT2D eigenvalue weighted by Gasteiger charge is 2.38. The molecule has 0 heterocycles. The Morgan fingerprint density at radius 1 is 1.17 bits per heavy atom. The summed E-state index contributed by atoms with van der Waals surface area (Å²) in [6.07, 6.45) is 9.68. The zero-order valence-electron chi connectivity index (χ0n) is 12.6. The van der Waals surface area contributed by atoms with Gasteiger partial charge in [-0.25, -0.2) is 0 Å². The van der Waals surface area contributed by atoms with Crippen molar-refractivity contribution in [2.45, 2.75) is 64.3 Å². The molecule has 0 saturated heterocycles. The van der Waals surface area contributed by atoms with Crippen LogP contribution in [0.3, 0.4) is 0 Å². The summed E-state index contributed by atoms with van der Waals surface area (Å²) < 4.78 is 0. The molecular formula is C16H32N2. The van der Waals surface area contributed by atoms with Gasteiger partial charge >= 0.3 is 0 Å². The maximum absolute atomic E-state index is 6.18. The molecule has 2 heteroatoms. The molecule has 0 spiro atoms. The van der Waals surface area contributed by atoms with Crippen LogP contribution in [0.2, 0.25) is 0 Å². The molecule has 0 bridgehead atoms. The van der Waals surface area contributed by atoms with E-state index in [1.807, 2.05) is 0 Å². The van der Waals surface area contributed by atoms with Crippen molar-refractivity contribution in [1.29, 1.82) is 0 Å². The van der Waals surface area contributed by atoms with Gasteiger partial charge in [-0.3, -0.25) is 4.90 Å². The van der Waals surface area contributed by atoms with Gasteiger partial charge in [-0.15, -0.1) is 0 Å². The number of hydrogen-bond acceptors (Lipinski definition) is 2. The van der Waals surface area contributed by atoms with Crippen LogP contribution in [-0.4, -0.2) is 30.6 Å². The average Bonchev–Trinajstić information content (AvgIpc) is 3.14. The van der Waals surface area contributed by atoms with Crippen molar-refractivity contribution in [3.05, 3.63) is 0 Å². The summed E-state index contributed by atoms with van der Waals surface area (Å²) in [5.74, 6) is 2.74. The molecule has 2 N–H and O–H groups in total. The van der Waals surface area contributed by atoms with Gasteiger partial charge in [0, 0.05) is 18.6 Å². The number of rotatable bonds is 5. The molecule has 2 saturated carbocycles. The Bertz CT molecular complexity index is 260. The van der Waals surface area contributed by atoms with Crippen LogP contribution in [0.1, 0.15) is 58.8 Å². The molecule has 18 heavy (non-hydrogen) atoms. The Kier molecular flexibility index (Phi) is 4.71. The first-order valence-electron chi connectivity index (χ1n) is 7.99. The van der Waals surface area contributed by atoms with Crippen molar-refractivity contribution in [2.24, 2.45) is 23.5 Å². The summed E-state index contributed by atoms with van der Waals surface area (Å²) in [5.41, 5.74) is 6.50. The van der Waals surface area contributed by atoms with Crippen molar-refractivity contribution < 1.29 is 0 Å². The highest BCUT2D eigenvalue weighted by molar-refractivity contribution is 4.95. The van der Waals surface area contributed by atoms with Gasteiger partial charge in [-0.1, -0.05) is 26.7 Å². The van der Waals surface area contributed by atoms with Gasteiger partial charge in [0.15, 0.2) is 0 Å². The highest BCUT2D eigenvalue weighted by atomic mass is 15.2. The number of nitrogens with zero attached hydrogens (tertiary/aromatic N) is 1. The van der Waals surface area contributed by atoms with Crippen LogP contribution in [0.25, 0.3) is 0 Å². The van der Waals surface area contributed by atoms with Crippen molar-refractivity contribution in [2.75, 3.05) is 20.1 Å². The first-order chi connectivity index (χ1) is 8.57. The molecule has 0 amide bonds. The minimum atomic E-state index is 0.312. The lowest BCUT2D eigenvalue weighted by Crippen LogP contribution is -2.52. The van der Waals surface area contributed by atoms with E-state index in [1.165, 1.54) is 51.5 Å². The van der Waals surface area contributed by atoms with E-state index in [0.717, 1.165) is 24.3 Å². The van der Waals surface area contributed by atoms with Crippen LogP contribution >= 0.6 is 0 Å². The molecule has 2 aliphatic rings. The van der Waals surface area contributed by atoms with Crippen LogP contribution in [-0.2, 0) is 0 Å². The minimum absolute atomic E-state index is 0.312. The molecule has 106 valence electrons. The molecule has 0 aromatic heterocycles. The molecule has 2 unspecified atom stereocenters. The Morgan fingerprint density at radius 2 is 1.89 bits per heavy atom. The normalized spacial score (nSPS) is 34.0. The van der Waals surface area contributed by atoms with Crippen molar-refractivity contribution in [3.8, 4) is 0 Å². The van der Waals surface area contributed by atoms with Crippen molar-refractivity contribution in [1.82, 2.24) is 4.90 Å². The van der Waals surface area contributed by atoms with E-state index in [-0.39, 0.29) is 0 Å². The van der Waals surface area contributed by atoms with Gasteiger partial charge in [0.1, 0.15) is 0 Å². The Labute approximate surface area is 113 Å². The van der Waals surface area contributed by atoms with E-state index in [0.29, 0.717) is 5.54 Å². The smallest absolute Gasteiger partial charge is 0.0328 e. The summed E-state index contributed by atoms with van der Waals surface area (Å²) >= 11 is 0.